The summed E-state index contributed by atoms with van der Waals surface area (Å²) < 4.78 is 31.6. The molecule has 0 amide bonds. The highest BCUT2D eigenvalue weighted by atomic mass is 79.9. The minimum Gasteiger partial charge on any atom is -0.496 e. The van der Waals surface area contributed by atoms with Crippen LogP contribution in [0.15, 0.2) is 22.7 Å². The van der Waals surface area contributed by atoms with Crippen molar-refractivity contribution in [1.29, 1.82) is 0 Å². The molecule has 0 spiro atoms. The van der Waals surface area contributed by atoms with Gasteiger partial charge in [0.2, 0.25) is 0 Å². The van der Waals surface area contributed by atoms with Crippen LogP contribution in [0.1, 0.15) is 12.0 Å². The maximum atomic E-state index is 12.9. The van der Waals surface area contributed by atoms with Gasteiger partial charge in [-0.2, -0.15) is 8.78 Å². The second-order valence-corrected chi connectivity index (χ2v) is 4.38. The van der Waals surface area contributed by atoms with E-state index in [9.17, 15) is 13.6 Å². The smallest absolute Gasteiger partial charge is 0.374 e. The van der Waals surface area contributed by atoms with Crippen LogP contribution in [0.3, 0.4) is 0 Å². The van der Waals surface area contributed by atoms with E-state index in [1.165, 1.54) is 7.11 Å². The third-order valence-corrected chi connectivity index (χ3v) is 2.76. The summed E-state index contributed by atoms with van der Waals surface area (Å²) in [6, 6.07) is 4.99. The molecule has 1 rings (SSSR count). The van der Waals surface area contributed by atoms with Crippen molar-refractivity contribution < 1.29 is 23.4 Å². The molecule has 0 fully saturated rings. The van der Waals surface area contributed by atoms with E-state index in [1.54, 1.807) is 18.2 Å². The van der Waals surface area contributed by atoms with E-state index < -0.39 is 18.3 Å². The van der Waals surface area contributed by atoms with E-state index in [1.807, 2.05) is 0 Å². The molecule has 0 saturated heterocycles. The molecule has 1 N–H and O–H groups in total. The number of alkyl halides is 2. The van der Waals surface area contributed by atoms with Crippen LogP contribution in [-0.2, 0) is 11.2 Å². The van der Waals surface area contributed by atoms with Crippen LogP contribution >= 0.6 is 15.9 Å². The number of hydrogen-bond acceptors (Lipinski definition) is 2. The van der Waals surface area contributed by atoms with Gasteiger partial charge >= 0.3 is 11.9 Å². The molecule has 6 heteroatoms. The number of carboxylic acids is 1. The highest BCUT2D eigenvalue weighted by Crippen LogP contribution is 2.28. The Bertz CT molecular complexity index is 421. The van der Waals surface area contributed by atoms with Gasteiger partial charge in [0.05, 0.1) is 7.11 Å². The Balaban J connectivity index is 2.81. The zero-order chi connectivity index (χ0) is 13.1. The molecule has 0 radical (unpaired) electrons. The first kappa shape index (κ1) is 13.9. The number of aryl methyl sites for hydroxylation is 1. The summed E-state index contributed by atoms with van der Waals surface area (Å²) in [5.41, 5.74) is 0.544. The van der Waals surface area contributed by atoms with Gasteiger partial charge in [0.1, 0.15) is 5.75 Å². The van der Waals surface area contributed by atoms with Crippen molar-refractivity contribution in [3.63, 3.8) is 0 Å². The molecule has 94 valence electrons. The van der Waals surface area contributed by atoms with E-state index in [-0.39, 0.29) is 6.42 Å². The van der Waals surface area contributed by atoms with Gasteiger partial charge in [-0.25, -0.2) is 4.79 Å². The lowest BCUT2D eigenvalue weighted by Crippen LogP contribution is -2.28. The Kier molecular flexibility index (Phi) is 4.45. The molecule has 1 aromatic rings. The van der Waals surface area contributed by atoms with Gasteiger partial charge in [-0.05, 0) is 30.2 Å². The van der Waals surface area contributed by atoms with Gasteiger partial charge in [-0.3, -0.25) is 0 Å². The number of hydrogen-bond donors (Lipinski definition) is 1. The lowest BCUT2D eigenvalue weighted by Gasteiger charge is -2.13. The quantitative estimate of drug-likeness (QED) is 0.909. The number of halogens is 3. The van der Waals surface area contributed by atoms with Gasteiger partial charge in [0.25, 0.3) is 0 Å². The summed E-state index contributed by atoms with van der Waals surface area (Å²) in [7, 11) is 1.43. The molecular weight excluding hydrogens is 298 g/mol. The summed E-state index contributed by atoms with van der Waals surface area (Å²) >= 11 is 3.22. The van der Waals surface area contributed by atoms with E-state index in [0.717, 1.165) is 4.47 Å². The molecule has 3 nitrogen and oxygen atoms in total. The Morgan fingerprint density at radius 3 is 2.71 bits per heavy atom. The number of carboxylic acid groups (broad SMARTS) is 1. The van der Waals surface area contributed by atoms with Gasteiger partial charge in [0.15, 0.2) is 0 Å². The van der Waals surface area contributed by atoms with E-state index in [4.69, 9.17) is 9.84 Å². The number of carbonyl (C=O) groups is 1. The summed E-state index contributed by atoms with van der Waals surface area (Å²) in [6.07, 6.45) is -0.822. The second-order valence-electron chi connectivity index (χ2n) is 3.47. The van der Waals surface area contributed by atoms with Gasteiger partial charge in [-0.15, -0.1) is 0 Å². The van der Waals surface area contributed by atoms with Crippen molar-refractivity contribution >= 4 is 21.9 Å². The minimum absolute atomic E-state index is 0.0675. The van der Waals surface area contributed by atoms with Gasteiger partial charge < -0.3 is 9.84 Å². The zero-order valence-electron chi connectivity index (χ0n) is 9.04. The molecule has 0 unspecified atom stereocenters. The fourth-order valence-corrected chi connectivity index (χ4v) is 1.75. The molecule has 0 aromatic heterocycles. The molecule has 1 aromatic carbocycles. The maximum absolute atomic E-state index is 12.9. The fraction of sp³-hybridized carbons (Fsp3) is 0.364. The Morgan fingerprint density at radius 1 is 1.53 bits per heavy atom. The first-order valence-corrected chi connectivity index (χ1v) is 5.60. The average Bonchev–Trinajstić information content (AvgIpc) is 2.26. The molecule has 0 atom stereocenters. The molecule has 0 aliphatic heterocycles. The topological polar surface area (TPSA) is 46.5 Å². The van der Waals surface area contributed by atoms with Crippen molar-refractivity contribution in [2.24, 2.45) is 0 Å². The first-order valence-electron chi connectivity index (χ1n) is 4.80. The first-order chi connectivity index (χ1) is 7.86. The lowest BCUT2D eigenvalue weighted by molar-refractivity contribution is -0.165. The molecule has 0 heterocycles. The lowest BCUT2D eigenvalue weighted by atomic mass is 10.1. The maximum Gasteiger partial charge on any atom is 0.374 e. The predicted octanol–water partition coefficient (Wildman–Crippen LogP) is 3.11. The average molecular weight is 309 g/mol. The van der Waals surface area contributed by atoms with Crippen molar-refractivity contribution in [3.8, 4) is 5.75 Å². The number of methoxy groups -OCH3 is 1. The molecule has 0 saturated carbocycles. The zero-order valence-corrected chi connectivity index (χ0v) is 10.6. The minimum atomic E-state index is -3.71. The highest BCUT2D eigenvalue weighted by Gasteiger charge is 2.38. The van der Waals surface area contributed by atoms with Gasteiger partial charge in [0, 0.05) is 10.9 Å². The van der Waals surface area contributed by atoms with Crippen molar-refractivity contribution in [2.75, 3.05) is 7.11 Å². The van der Waals surface area contributed by atoms with Crippen molar-refractivity contribution in [1.82, 2.24) is 0 Å². The predicted molar refractivity (Wildman–Crippen MR) is 61.6 cm³/mol. The number of benzene rings is 1. The molecule has 17 heavy (non-hydrogen) atoms. The van der Waals surface area contributed by atoms with E-state index in [2.05, 4.69) is 15.9 Å². The standard InChI is InChI=1S/C11H11BrF2O3/c1-17-9-3-2-8(12)6-7(9)4-5-11(13,14)10(15)16/h2-3,6H,4-5H2,1H3,(H,15,16). The normalized spacial score (nSPS) is 11.3. The SMILES string of the molecule is COc1ccc(Br)cc1CCC(F)(F)C(=O)O. The molecule has 0 bridgehead atoms. The van der Waals surface area contributed by atoms with E-state index in [0.29, 0.717) is 11.3 Å². The van der Waals surface area contributed by atoms with Crippen LogP contribution in [0.4, 0.5) is 8.78 Å². The van der Waals surface area contributed by atoms with Crippen LogP contribution in [0.2, 0.25) is 0 Å². The monoisotopic (exact) mass is 308 g/mol. The van der Waals surface area contributed by atoms with Crippen molar-refractivity contribution in [2.45, 2.75) is 18.8 Å². The third kappa shape index (κ3) is 3.66. The van der Waals surface area contributed by atoms with Crippen molar-refractivity contribution in [3.05, 3.63) is 28.2 Å². The number of ether oxygens (including phenoxy) is 1. The summed E-state index contributed by atoms with van der Waals surface area (Å²) in [4.78, 5) is 10.3. The number of aliphatic carboxylic acids is 1. The molecular formula is C11H11BrF2O3. The van der Waals surface area contributed by atoms with Crippen LogP contribution in [-0.4, -0.2) is 24.1 Å². The highest BCUT2D eigenvalue weighted by molar-refractivity contribution is 9.10. The Morgan fingerprint density at radius 2 is 2.18 bits per heavy atom. The van der Waals surface area contributed by atoms with Crippen LogP contribution in [0.25, 0.3) is 0 Å². The number of rotatable bonds is 5. The fourth-order valence-electron chi connectivity index (χ4n) is 1.34. The van der Waals surface area contributed by atoms with Gasteiger partial charge in [-0.1, -0.05) is 15.9 Å². The second kappa shape index (κ2) is 5.44. The van der Waals surface area contributed by atoms with E-state index >= 15 is 0 Å². The molecule has 0 aliphatic carbocycles. The molecule has 0 aliphatic rings. The van der Waals surface area contributed by atoms with Crippen LogP contribution < -0.4 is 4.74 Å². The largest absolute Gasteiger partial charge is 0.496 e. The van der Waals surface area contributed by atoms with Crippen LogP contribution in [0.5, 0.6) is 5.75 Å². The third-order valence-electron chi connectivity index (χ3n) is 2.26. The Labute approximate surface area is 106 Å². The summed E-state index contributed by atoms with van der Waals surface area (Å²) in [5.74, 6) is -5.35. The summed E-state index contributed by atoms with van der Waals surface area (Å²) in [6.45, 7) is 0. The summed E-state index contributed by atoms with van der Waals surface area (Å²) in [5, 5.41) is 8.31. The Hall–Kier alpha value is -1.17. The van der Waals surface area contributed by atoms with Crippen LogP contribution in [0, 0.1) is 0 Å².